The fourth-order valence-corrected chi connectivity index (χ4v) is 3.84. The number of fused-ring (bicyclic) bond motifs is 1. The molecule has 166 valence electrons. The van der Waals surface area contributed by atoms with Gasteiger partial charge in [-0.25, -0.2) is 4.52 Å². The van der Waals surface area contributed by atoms with Crippen molar-refractivity contribution >= 4 is 29.1 Å². The molecule has 1 fully saturated rings. The van der Waals surface area contributed by atoms with E-state index in [0.717, 1.165) is 23.2 Å². The smallest absolute Gasteiger partial charge is 0.253 e. The highest BCUT2D eigenvalue weighted by molar-refractivity contribution is 5.99. The van der Waals surface area contributed by atoms with Gasteiger partial charge in [-0.05, 0) is 48.9 Å². The first-order valence-corrected chi connectivity index (χ1v) is 10.5. The molecule has 5 rings (SSSR count). The van der Waals surface area contributed by atoms with Crippen LogP contribution in [0.15, 0.2) is 67.6 Å². The minimum Gasteiger partial charge on any atom is -0.348 e. The number of pyridine rings is 1. The predicted molar refractivity (Wildman–Crippen MR) is 124 cm³/mol. The van der Waals surface area contributed by atoms with Crippen LogP contribution in [-0.2, 0) is 4.79 Å². The van der Waals surface area contributed by atoms with Crippen LogP contribution in [0.25, 0.3) is 16.8 Å². The number of amides is 2. The topological polar surface area (TPSA) is 120 Å². The van der Waals surface area contributed by atoms with E-state index in [9.17, 15) is 9.59 Å². The molecule has 1 aromatic carbocycles. The lowest BCUT2D eigenvalue weighted by Gasteiger charge is -2.17. The van der Waals surface area contributed by atoms with Gasteiger partial charge in [0.15, 0.2) is 5.65 Å². The molecule has 0 radical (unpaired) electrons. The zero-order chi connectivity index (χ0) is 22.8. The molecule has 10 nitrogen and oxygen atoms in total. The summed E-state index contributed by atoms with van der Waals surface area (Å²) in [6.07, 6.45) is 7.49. The Morgan fingerprint density at radius 3 is 2.76 bits per heavy atom. The Morgan fingerprint density at radius 2 is 2.00 bits per heavy atom. The Hall–Kier alpha value is -4.47. The lowest BCUT2D eigenvalue weighted by Crippen LogP contribution is -2.31. The van der Waals surface area contributed by atoms with E-state index in [1.165, 1.54) is 6.08 Å². The second kappa shape index (κ2) is 8.58. The van der Waals surface area contributed by atoms with E-state index >= 15 is 0 Å². The van der Waals surface area contributed by atoms with Gasteiger partial charge < -0.3 is 15.5 Å². The minimum atomic E-state index is -0.291. The Bertz CT molecular complexity index is 1310. The van der Waals surface area contributed by atoms with Crippen molar-refractivity contribution < 1.29 is 9.59 Å². The summed E-state index contributed by atoms with van der Waals surface area (Å²) in [7, 11) is 0. The Balaban J connectivity index is 1.22. The molecule has 1 saturated heterocycles. The summed E-state index contributed by atoms with van der Waals surface area (Å²) in [4.78, 5) is 30.6. The van der Waals surface area contributed by atoms with Crippen LogP contribution in [0, 0.1) is 0 Å². The average molecular weight is 442 g/mol. The van der Waals surface area contributed by atoms with Crippen LogP contribution in [0.5, 0.6) is 0 Å². The number of nitrogens with zero attached hydrogens (tertiary/aromatic N) is 5. The predicted octanol–water partition coefficient (Wildman–Crippen LogP) is 2.57. The lowest BCUT2D eigenvalue weighted by atomic mass is 10.2. The van der Waals surface area contributed by atoms with Crippen molar-refractivity contribution in [2.45, 2.75) is 12.5 Å². The highest BCUT2D eigenvalue weighted by atomic mass is 16.2. The van der Waals surface area contributed by atoms with Gasteiger partial charge in [0, 0.05) is 53.9 Å². The number of hydrogen-bond donors (Lipinski definition) is 3. The number of aromatic nitrogens is 5. The third-order valence-electron chi connectivity index (χ3n) is 5.56. The van der Waals surface area contributed by atoms with E-state index in [1.54, 1.807) is 35.0 Å². The molecule has 4 aromatic rings. The van der Waals surface area contributed by atoms with Crippen molar-refractivity contribution in [3.63, 3.8) is 0 Å². The van der Waals surface area contributed by atoms with E-state index in [2.05, 4.69) is 37.5 Å². The maximum Gasteiger partial charge on any atom is 0.253 e. The van der Waals surface area contributed by atoms with Crippen LogP contribution >= 0.6 is 0 Å². The van der Waals surface area contributed by atoms with Crippen LogP contribution in [0.3, 0.4) is 0 Å². The monoisotopic (exact) mass is 442 g/mol. The summed E-state index contributed by atoms with van der Waals surface area (Å²) < 4.78 is 1.73. The average Bonchev–Trinajstić information content (AvgIpc) is 3.59. The zero-order valence-corrected chi connectivity index (χ0v) is 17.7. The summed E-state index contributed by atoms with van der Waals surface area (Å²) >= 11 is 0. The number of nitrogens with one attached hydrogen (secondary N) is 3. The van der Waals surface area contributed by atoms with Crippen LogP contribution in [-0.4, -0.2) is 60.6 Å². The normalized spacial score (nSPS) is 15.5. The number of carbonyl (C=O) groups is 2. The van der Waals surface area contributed by atoms with Gasteiger partial charge in [0.1, 0.15) is 0 Å². The van der Waals surface area contributed by atoms with E-state index in [4.69, 9.17) is 0 Å². The third-order valence-corrected chi connectivity index (χ3v) is 5.56. The summed E-state index contributed by atoms with van der Waals surface area (Å²) in [5, 5.41) is 17.3. The molecule has 3 aromatic heterocycles. The second-order valence-electron chi connectivity index (χ2n) is 7.79. The van der Waals surface area contributed by atoms with Crippen molar-refractivity contribution in [2.75, 3.05) is 23.7 Å². The molecular weight excluding hydrogens is 420 g/mol. The highest BCUT2D eigenvalue weighted by Gasteiger charge is 2.27. The number of H-pyrrole nitrogens is 1. The Kier molecular flexibility index (Phi) is 5.31. The van der Waals surface area contributed by atoms with Crippen LogP contribution in [0.4, 0.5) is 11.6 Å². The molecule has 1 aliphatic heterocycles. The maximum absolute atomic E-state index is 12.9. The first-order valence-electron chi connectivity index (χ1n) is 10.5. The molecule has 2 amide bonds. The Morgan fingerprint density at radius 1 is 1.15 bits per heavy atom. The number of aromatic amines is 1. The number of rotatable bonds is 6. The summed E-state index contributed by atoms with van der Waals surface area (Å²) in [5.74, 6) is 0.190. The SMILES string of the molecule is C=CC(=O)Nc1ccc(C(=O)N2CC[C@@H](Nc3nc4ccc(-c5cn[nH]c5)cn4n3)C2)cc1. The molecule has 0 unspecified atom stereocenters. The molecular formula is C23H22N8O2. The van der Waals surface area contributed by atoms with Crippen LogP contribution < -0.4 is 10.6 Å². The number of carbonyl (C=O) groups excluding carboxylic acids is 2. The molecule has 0 aliphatic carbocycles. The molecule has 0 bridgehead atoms. The molecule has 4 heterocycles. The van der Waals surface area contributed by atoms with E-state index in [1.807, 2.05) is 29.4 Å². The van der Waals surface area contributed by atoms with Gasteiger partial charge in [-0.2, -0.15) is 10.1 Å². The maximum atomic E-state index is 12.9. The van der Waals surface area contributed by atoms with Crippen molar-refractivity contribution in [1.29, 1.82) is 0 Å². The number of hydrogen-bond acceptors (Lipinski definition) is 6. The summed E-state index contributed by atoms with van der Waals surface area (Å²) in [5.41, 5.74) is 3.89. The third kappa shape index (κ3) is 4.31. The standard InChI is InChI=1S/C23H22N8O2/c1-2-21(32)26-18-6-3-15(4-7-18)22(33)30-10-9-19(14-30)27-23-28-20-8-5-16(13-31(20)29-23)17-11-24-25-12-17/h2-8,11-13,19H,1,9-10,14H2,(H,24,25)(H,26,32)(H,27,29)/t19-/m1/s1. The van der Waals surface area contributed by atoms with Crippen molar-refractivity contribution in [3.05, 3.63) is 73.2 Å². The first-order chi connectivity index (χ1) is 16.1. The van der Waals surface area contributed by atoms with Gasteiger partial charge >= 0.3 is 0 Å². The Labute approximate surface area is 189 Å². The number of anilines is 2. The fraction of sp³-hybridized carbons (Fsp3) is 0.174. The number of benzene rings is 1. The van der Waals surface area contributed by atoms with Crippen molar-refractivity contribution in [3.8, 4) is 11.1 Å². The van der Waals surface area contributed by atoms with E-state index < -0.39 is 0 Å². The summed E-state index contributed by atoms with van der Waals surface area (Å²) in [6.45, 7) is 4.63. The van der Waals surface area contributed by atoms with Crippen LogP contribution in [0.2, 0.25) is 0 Å². The highest BCUT2D eigenvalue weighted by Crippen LogP contribution is 2.21. The fourth-order valence-electron chi connectivity index (χ4n) is 3.84. The molecule has 1 atom stereocenters. The quantitative estimate of drug-likeness (QED) is 0.395. The van der Waals surface area contributed by atoms with E-state index in [0.29, 0.717) is 30.3 Å². The van der Waals surface area contributed by atoms with Gasteiger partial charge in [0.2, 0.25) is 11.9 Å². The first kappa shape index (κ1) is 20.4. The molecule has 0 spiro atoms. The van der Waals surface area contributed by atoms with Crippen LogP contribution in [0.1, 0.15) is 16.8 Å². The second-order valence-corrected chi connectivity index (χ2v) is 7.79. The minimum absolute atomic E-state index is 0.0476. The van der Waals surface area contributed by atoms with Gasteiger partial charge in [0.05, 0.1) is 6.20 Å². The van der Waals surface area contributed by atoms with E-state index in [-0.39, 0.29) is 17.9 Å². The van der Waals surface area contributed by atoms with Gasteiger partial charge in [0.25, 0.3) is 5.91 Å². The molecule has 10 heteroatoms. The zero-order valence-electron chi connectivity index (χ0n) is 17.7. The molecule has 3 N–H and O–H groups in total. The van der Waals surface area contributed by atoms with Crippen molar-refractivity contribution in [2.24, 2.45) is 0 Å². The molecule has 0 saturated carbocycles. The lowest BCUT2D eigenvalue weighted by molar-refractivity contribution is -0.111. The van der Waals surface area contributed by atoms with Gasteiger partial charge in [-0.3, -0.25) is 14.7 Å². The van der Waals surface area contributed by atoms with Gasteiger partial charge in [-0.1, -0.05) is 6.58 Å². The molecule has 1 aliphatic rings. The van der Waals surface area contributed by atoms with Gasteiger partial charge in [-0.15, -0.1) is 5.10 Å². The summed E-state index contributed by atoms with van der Waals surface area (Å²) in [6, 6.07) is 10.8. The van der Waals surface area contributed by atoms with Crippen molar-refractivity contribution in [1.82, 2.24) is 29.7 Å². The largest absolute Gasteiger partial charge is 0.348 e. The molecule has 33 heavy (non-hydrogen) atoms. The number of likely N-dealkylation sites (tertiary alicyclic amines) is 1.